The third-order valence-electron chi connectivity index (χ3n) is 5.22. The van der Waals surface area contributed by atoms with Crippen LogP contribution in [0, 0.1) is 0 Å². The van der Waals surface area contributed by atoms with Crippen LogP contribution in [0.4, 0.5) is 17.8 Å². The summed E-state index contributed by atoms with van der Waals surface area (Å²) in [5, 5.41) is 5.42. The molecule has 1 aromatic heterocycles. The van der Waals surface area contributed by atoms with Gasteiger partial charge in [-0.05, 0) is 50.7 Å². The molecular formula is C20H25Cl2N7. The average molecular weight is 434 g/mol. The first-order chi connectivity index (χ1) is 14.2. The smallest absolute Gasteiger partial charge is 0.250 e. The molecule has 3 heterocycles. The fourth-order valence-corrected chi connectivity index (χ4v) is 4.10. The van der Waals surface area contributed by atoms with E-state index in [2.05, 4.69) is 30.3 Å². The van der Waals surface area contributed by atoms with Gasteiger partial charge in [0, 0.05) is 36.8 Å². The van der Waals surface area contributed by atoms with Crippen LogP contribution in [0.5, 0.6) is 0 Å². The summed E-state index contributed by atoms with van der Waals surface area (Å²) in [5.74, 6) is 1.90. The van der Waals surface area contributed by atoms with Crippen LogP contribution < -0.4 is 15.2 Å². The highest BCUT2D eigenvalue weighted by Gasteiger charge is 2.20. The Bertz CT molecular complexity index is 826. The molecule has 9 heteroatoms. The summed E-state index contributed by atoms with van der Waals surface area (Å²) < 4.78 is 0. The van der Waals surface area contributed by atoms with E-state index < -0.39 is 0 Å². The number of hydrogen-bond donors (Lipinski definition) is 1. The Hall–Kier alpha value is -2.12. The number of rotatable bonds is 5. The molecule has 29 heavy (non-hydrogen) atoms. The van der Waals surface area contributed by atoms with Crippen molar-refractivity contribution in [3.8, 4) is 0 Å². The Morgan fingerprint density at radius 2 is 1.41 bits per heavy atom. The number of anilines is 3. The predicted octanol–water partition coefficient (Wildman–Crippen LogP) is 4.61. The van der Waals surface area contributed by atoms with E-state index in [9.17, 15) is 0 Å². The second kappa shape index (κ2) is 9.59. The lowest BCUT2D eigenvalue weighted by Crippen LogP contribution is -2.34. The minimum absolute atomic E-state index is 0.447. The second-order valence-corrected chi connectivity index (χ2v) is 8.23. The Balaban J connectivity index is 1.56. The summed E-state index contributed by atoms with van der Waals surface area (Å²) in [7, 11) is 0. The van der Waals surface area contributed by atoms with Crippen molar-refractivity contribution in [3.63, 3.8) is 0 Å². The van der Waals surface area contributed by atoms with Gasteiger partial charge in [-0.15, -0.1) is 0 Å². The minimum atomic E-state index is 0.447. The monoisotopic (exact) mass is 433 g/mol. The molecule has 154 valence electrons. The van der Waals surface area contributed by atoms with E-state index in [-0.39, 0.29) is 0 Å². The van der Waals surface area contributed by atoms with Gasteiger partial charge < -0.3 is 9.80 Å². The lowest BCUT2D eigenvalue weighted by Gasteiger charge is -2.30. The summed E-state index contributed by atoms with van der Waals surface area (Å²) in [6.45, 7) is 3.91. The van der Waals surface area contributed by atoms with Crippen LogP contribution in [0.1, 0.15) is 44.1 Å². The molecule has 0 aliphatic carbocycles. The lowest BCUT2D eigenvalue weighted by molar-refractivity contribution is 0.556. The zero-order valence-corrected chi connectivity index (χ0v) is 17.8. The topological polar surface area (TPSA) is 69.5 Å². The molecule has 0 spiro atoms. The van der Waals surface area contributed by atoms with Gasteiger partial charge in [0.05, 0.1) is 11.2 Å². The van der Waals surface area contributed by atoms with E-state index in [1.807, 2.05) is 6.07 Å². The maximum Gasteiger partial charge on any atom is 0.250 e. The third kappa shape index (κ3) is 5.28. The Labute approximate surface area is 181 Å². The first-order valence-corrected chi connectivity index (χ1v) is 10.9. The van der Waals surface area contributed by atoms with Gasteiger partial charge in [-0.2, -0.15) is 20.1 Å². The highest BCUT2D eigenvalue weighted by Crippen LogP contribution is 2.23. The van der Waals surface area contributed by atoms with Crippen molar-refractivity contribution in [2.45, 2.75) is 38.5 Å². The SMILES string of the molecule is Clc1ccc(/C=N/Nc2nc(N3CCCCC3)nc(N3CCCCC3)n2)c(Cl)c1. The van der Waals surface area contributed by atoms with Gasteiger partial charge in [0.25, 0.3) is 0 Å². The Kier molecular flexibility index (Phi) is 6.67. The Morgan fingerprint density at radius 3 is 1.97 bits per heavy atom. The zero-order chi connectivity index (χ0) is 20.1. The van der Waals surface area contributed by atoms with E-state index in [1.165, 1.54) is 38.5 Å². The molecule has 0 amide bonds. The van der Waals surface area contributed by atoms with Crippen LogP contribution in [0.15, 0.2) is 23.3 Å². The van der Waals surface area contributed by atoms with Crippen molar-refractivity contribution < 1.29 is 0 Å². The number of nitrogens with zero attached hydrogens (tertiary/aromatic N) is 6. The van der Waals surface area contributed by atoms with E-state index in [0.29, 0.717) is 16.0 Å². The summed E-state index contributed by atoms with van der Waals surface area (Å²) in [4.78, 5) is 18.5. The zero-order valence-electron chi connectivity index (χ0n) is 16.3. The number of aromatic nitrogens is 3. The fourth-order valence-electron chi connectivity index (χ4n) is 3.64. The van der Waals surface area contributed by atoms with Crippen LogP contribution in [-0.4, -0.2) is 47.3 Å². The van der Waals surface area contributed by atoms with Gasteiger partial charge in [-0.3, -0.25) is 0 Å². The van der Waals surface area contributed by atoms with Gasteiger partial charge in [0.2, 0.25) is 17.8 Å². The summed E-state index contributed by atoms with van der Waals surface area (Å²) in [6, 6.07) is 5.29. The van der Waals surface area contributed by atoms with Gasteiger partial charge in [0.1, 0.15) is 0 Å². The number of hydrogen-bond acceptors (Lipinski definition) is 7. The number of hydrazone groups is 1. The molecule has 0 unspecified atom stereocenters. The molecule has 2 aromatic rings. The van der Waals surface area contributed by atoms with Gasteiger partial charge in [-0.25, -0.2) is 5.43 Å². The maximum atomic E-state index is 6.21. The second-order valence-electron chi connectivity index (χ2n) is 7.39. The van der Waals surface area contributed by atoms with Crippen LogP contribution >= 0.6 is 23.2 Å². The normalized spacial score (nSPS) is 17.7. The van der Waals surface area contributed by atoms with Crippen molar-refractivity contribution >= 4 is 47.3 Å². The van der Waals surface area contributed by atoms with Crippen molar-refractivity contribution in [1.82, 2.24) is 15.0 Å². The van der Waals surface area contributed by atoms with E-state index in [0.717, 1.165) is 43.6 Å². The van der Waals surface area contributed by atoms with Gasteiger partial charge in [-0.1, -0.05) is 29.3 Å². The molecule has 0 atom stereocenters. The summed E-state index contributed by atoms with van der Waals surface area (Å²) in [6.07, 6.45) is 8.84. The first-order valence-electron chi connectivity index (χ1n) is 10.2. The number of benzene rings is 1. The maximum absolute atomic E-state index is 6.21. The van der Waals surface area contributed by atoms with Crippen molar-refractivity contribution in [2.75, 3.05) is 41.4 Å². The standard InChI is InChI=1S/C20H25Cl2N7/c21-16-8-7-15(17(22)13-16)14-23-27-18-24-19(28-9-3-1-4-10-28)26-20(25-18)29-11-5-2-6-12-29/h7-8,13-14H,1-6,9-12H2,(H,24,25,26,27)/b23-14+. The fraction of sp³-hybridized carbons (Fsp3) is 0.500. The van der Waals surface area contributed by atoms with Gasteiger partial charge in [0.15, 0.2) is 0 Å². The minimum Gasteiger partial charge on any atom is -0.341 e. The van der Waals surface area contributed by atoms with E-state index in [1.54, 1.807) is 18.3 Å². The highest BCUT2D eigenvalue weighted by atomic mass is 35.5. The molecule has 2 saturated heterocycles. The first kappa shape index (κ1) is 20.2. The molecule has 1 aromatic carbocycles. The molecule has 0 bridgehead atoms. The van der Waals surface area contributed by atoms with Crippen LogP contribution in [0.2, 0.25) is 10.0 Å². The third-order valence-corrected chi connectivity index (χ3v) is 5.78. The van der Waals surface area contributed by atoms with Crippen LogP contribution in [0.3, 0.4) is 0 Å². The highest BCUT2D eigenvalue weighted by molar-refractivity contribution is 6.36. The number of piperidine rings is 2. The largest absolute Gasteiger partial charge is 0.341 e. The molecule has 0 saturated carbocycles. The molecule has 2 aliphatic rings. The van der Waals surface area contributed by atoms with E-state index in [4.69, 9.17) is 28.2 Å². The molecule has 2 aliphatic heterocycles. The molecule has 1 N–H and O–H groups in total. The van der Waals surface area contributed by atoms with Crippen molar-refractivity contribution in [1.29, 1.82) is 0 Å². The number of nitrogens with one attached hydrogen (secondary N) is 1. The predicted molar refractivity (Wildman–Crippen MR) is 120 cm³/mol. The molecule has 0 radical (unpaired) electrons. The summed E-state index contributed by atoms with van der Waals surface area (Å²) in [5.41, 5.74) is 3.72. The van der Waals surface area contributed by atoms with Crippen LogP contribution in [0.25, 0.3) is 0 Å². The van der Waals surface area contributed by atoms with Crippen molar-refractivity contribution in [3.05, 3.63) is 33.8 Å². The lowest BCUT2D eigenvalue weighted by atomic mass is 10.1. The van der Waals surface area contributed by atoms with Crippen molar-refractivity contribution in [2.24, 2.45) is 5.10 Å². The number of halogens is 2. The molecule has 7 nitrogen and oxygen atoms in total. The van der Waals surface area contributed by atoms with E-state index >= 15 is 0 Å². The molecule has 4 rings (SSSR count). The average Bonchev–Trinajstić information content (AvgIpc) is 2.76. The Morgan fingerprint density at radius 1 is 0.828 bits per heavy atom. The summed E-state index contributed by atoms with van der Waals surface area (Å²) >= 11 is 12.2. The molecule has 2 fully saturated rings. The van der Waals surface area contributed by atoms with Crippen LogP contribution in [-0.2, 0) is 0 Å². The molecular weight excluding hydrogens is 409 g/mol. The quantitative estimate of drug-likeness (QED) is 0.548. The van der Waals surface area contributed by atoms with Gasteiger partial charge >= 0.3 is 0 Å².